The summed E-state index contributed by atoms with van der Waals surface area (Å²) in [5, 5.41) is 7.65. The van der Waals surface area contributed by atoms with Crippen molar-refractivity contribution in [2.45, 2.75) is 34.6 Å². The van der Waals surface area contributed by atoms with E-state index >= 15 is 0 Å². The standard InChI is InChI=1S/C12H19FN2/c1-6-10(8(2)3)12(14)11(13)7-15-9(4)5/h6-8,14H,1-5H3/b10-6+,11-7+,14-12?. The molecule has 0 unspecified atom stereocenters. The molecular weight excluding hydrogens is 191 g/mol. The zero-order valence-corrected chi connectivity index (χ0v) is 10.1. The van der Waals surface area contributed by atoms with Crippen molar-refractivity contribution in [3.8, 4) is 0 Å². The van der Waals surface area contributed by atoms with E-state index in [0.29, 0.717) is 5.57 Å². The van der Waals surface area contributed by atoms with Gasteiger partial charge in [-0.2, -0.15) is 0 Å². The zero-order chi connectivity index (χ0) is 12.0. The van der Waals surface area contributed by atoms with E-state index in [0.717, 1.165) is 11.9 Å². The predicted octanol–water partition coefficient (Wildman–Crippen LogP) is 3.90. The zero-order valence-electron chi connectivity index (χ0n) is 10.1. The maximum atomic E-state index is 13.4. The minimum absolute atomic E-state index is 0.0718. The number of hydrogen-bond donors (Lipinski definition) is 1. The SMILES string of the molecule is C/C=C(/C(=N)/C(F)=C\N=C(C)C)C(C)C. The summed E-state index contributed by atoms with van der Waals surface area (Å²) in [5.41, 5.74) is 1.40. The van der Waals surface area contributed by atoms with Gasteiger partial charge in [0.1, 0.15) is 0 Å². The average Bonchev–Trinajstić information content (AvgIpc) is 2.14. The van der Waals surface area contributed by atoms with Gasteiger partial charge in [0.15, 0.2) is 5.83 Å². The van der Waals surface area contributed by atoms with Crippen molar-refractivity contribution in [1.82, 2.24) is 0 Å². The summed E-state index contributed by atoms with van der Waals surface area (Å²) < 4.78 is 13.4. The number of halogens is 1. The van der Waals surface area contributed by atoms with E-state index in [1.165, 1.54) is 0 Å². The first-order valence-corrected chi connectivity index (χ1v) is 5.02. The van der Waals surface area contributed by atoms with Gasteiger partial charge in [0.2, 0.25) is 0 Å². The molecule has 15 heavy (non-hydrogen) atoms. The second-order valence-electron chi connectivity index (χ2n) is 3.83. The summed E-state index contributed by atoms with van der Waals surface area (Å²) in [6.07, 6.45) is 2.87. The second kappa shape index (κ2) is 6.27. The molecule has 0 aromatic carbocycles. The van der Waals surface area contributed by atoms with E-state index in [4.69, 9.17) is 5.41 Å². The van der Waals surface area contributed by atoms with Gasteiger partial charge in [-0.1, -0.05) is 19.9 Å². The molecule has 0 amide bonds. The van der Waals surface area contributed by atoms with E-state index in [-0.39, 0.29) is 11.6 Å². The first-order chi connectivity index (χ1) is 6.90. The minimum Gasteiger partial charge on any atom is -0.297 e. The number of allylic oxidation sites excluding steroid dienone is 3. The fourth-order valence-corrected chi connectivity index (χ4v) is 1.15. The van der Waals surface area contributed by atoms with Gasteiger partial charge in [0.25, 0.3) is 0 Å². The summed E-state index contributed by atoms with van der Waals surface area (Å²) in [6.45, 7) is 9.25. The maximum absolute atomic E-state index is 13.4. The number of nitrogens with zero attached hydrogens (tertiary/aromatic N) is 1. The lowest BCUT2D eigenvalue weighted by molar-refractivity contribution is 0.670. The predicted molar refractivity (Wildman–Crippen MR) is 64.3 cm³/mol. The van der Waals surface area contributed by atoms with Crippen LogP contribution in [0, 0.1) is 11.3 Å². The van der Waals surface area contributed by atoms with Crippen LogP contribution in [-0.2, 0) is 0 Å². The van der Waals surface area contributed by atoms with Crippen molar-refractivity contribution < 1.29 is 4.39 Å². The van der Waals surface area contributed by atoms with Crippen molar-refractivity contribution in [3.05, 3.63) is 23.7 Å². The minimum atomic E-state index is -0.585. The van der Waals surface area contributed by atoms with Gasteiger partial charge in [0, 0.05) is 5.71 Å². The van der Waals surface area contributed by atoms with Crippen molar-refractivity contribution >= 4 is 11.4 Å². The van der Waals surface area contributed by atoms with Gasteiger partial charge in [-0.05, 0) is 32.3 Å². The van der Waals surface area contributed by atoms with Crippen molar-refractivity contribution in [1.29, 1.82) is 5.41 Å². The van der Waals surface area contributed by atoms with Crippen molar-refractivity contribution in [2.75, 3.05) is 0 Å². The molecule has 0 heterocycles. The molecule has 2 nitrogen and oxygen atoms in total. The average molecular weight is 210 g/mol. The summed E-state index contributed by atoms with van der Waals surface area (Å²) in [7, 11) is 0. The van der Waals surface area contributed by atoms with Crippen LogP contribution in [0.4, 0.5) is 4.39 Å². The molecule has 0 spiro atoms. The fraction of sp³-hybridized carbons (Fsp3) is 0.500. The highest BCUT2D eigenvalue weighted by molar-refractivity contribution is 6.09. The normalized spacial score (nSPS) is 13.0. The van der Waals surface area contributed by atoms with E-state index < -0.39 is 5.83 Å². The Hall–Kier alpha value is -1.25. The summed E-state index contributed by atoms with van der Waals surface area (Å²) >= 11 is 0. The molecule has 0 fully saturated rings. The Labute approximate surface area is 91.1 Å². The van der Waals surface area contributed by atoms with Gasteiger partial charge in [-0.3, -0.25) is 10.4 Å². The van der Waals surface area contributed by atoms with Crippen LogP contribution in [0.1, 0.15) is 34.6 Å². The fourth-order valence-electron chi connectivity index (χ4n) is 1.15. The third kappa shape index (κ3) is 4.68. The summed E-state index contributed by atoms with van der Waals surface area (Å²) in [6, 6.07) is 0. The Morgan fingerprint density at radius 2 is 1.87 bits per heavy atom. The molecule has 0 aromatic rings. The molecule has 1 N–H and O–H groups in total. The Balaban J connectivity index is 4.87. The van der Waals surface area contributed by atoms with Gasteiger partial charge < -0.3 is 0 Å². The molecule has 0 aliphatic rings. The molecule has 0 radical (unpaired) electrons. The lowest BCUT2D eigenvalue weighted by Gasteiger charge is -2.10. The number of hydrogen-bond acceptors (Lipinski definition) is 2. The number of nitrogens with one attached hydrogen (secondary N) is 1. The molecular formula is C12H19FN2. The van der Waals surface area contributed by atoms with Crippen LogP contribution < -0.4 is 0 Å². The topological polar surface area (TPSA) is 36.2 Å². The smallest absolute Gasteiger partial charge is 0.166 e. The summed E-state index contributed by atoms with van der Waals surface area (Å²) in [4.78, 5) is 3.83. The number of rotatable bonds is 4. The Morgan fingerprint density at radius 3 is 2.20 bits per heavy atom. The van der Waals surface area contributed by atoms with Crippen LogP contribution in [0.2, 0.25) is 0 Å². The van der Waals surface area contributed by atoms with Crippen LogP contribution in [0.25, 0.3) is 0 Å². The Morgan fingerprint density at radius 1 is 1.33 bits per heavy atom. The molecule has 0 aliphatic heterocycles. The van der Waals surface area contributed by atoms with Gasteiger partial charge in [-0.25, -0.2) is 4.39 Å². The first kappa shape index (κ1) is 13.8. The molecule has 0 aromatic heterocycles. The summed E-state index contributed by atoms with van der Waals surface area (Å²) in [5.74, 6) is -0.439. The van der Waals surface area contributed by atoms with E-state index in [2.05, 4.69) is 4.99 Å². The number of aliphatic imine (C=N–C) groups is 1. The Bertz CT molecular complexity index is 319. The molecule has 0 aliphatic carbocycles. The molecule has 3 heteroatoms. The maximum Gasteiger partial charge on any atom is 0.166 e. The molecule has 0 saturated heterocycles. The highest BCUT2D eigenvalue weighted by Crippen LogP contribution is 2.16. The van der Waals surface area contributed by atoms with Crippen LogP contribution in [0.15, 0.2) is 28.7 Å². The molecule has 0 atom stereocenters. The van der Waals surface area contributed by atoms with Crippen molar-refractivity contribution in [2.24, 2.45) is 10.9 Å². The third-order valence-corrected chi connectivity index (χ3v) is 1.90. The monoisotopic (exact) mass is 210 g/mol. The highest BCUT2D eigenvalue weighted by atomic mass is 19.1. The lowest BCUT2D eigenvalue weighted by atomic mass is 9.97. The van der Waals surface area contributed by atoms with E-state index in [9.17, 15) is 4.39 Å². The molecule has 84 valence electrons. The largest absolute Gasteiger partial charge is 0.297 e. The van der Waals surface area contributed by atoms with E-state index in [1.807, 2.05) is 20.8 Å². The Kier molecular flexibility index (Phi) is 5.75. The van der Waals surface area contributed by atoms with Crippen molar-refractivity contribution in [3.63, 3.8) is 0 Å². The third-order valence-electron chi connectivity index (χ3n) is 1.90. The van der Waals surface area contributed by atoms with Crippen LogP contribution in [-0.4, -0.2) is 11.4 Å². The second-order valence-corrected chi connectivity index (χ2v) is 3.83. The van der Waals surface area contributed by atoms with Gasteiger partial charge >= 0.3 is 0 Å². The molecule has 0 rings (SSSR count). The molecule has 0 saturated carbocycles. The lowest BCUT2D eigenvalue weighted by Crippen LogP contribution is -2.07. The van der Waals surface area contributed by atoms with E-state index in [1.54, 1.807) is 19.9 Å². The van der Waals surface area contributed by atoms with Crippen LogP contribution in [0.3, 0.4) is 0 Å². The quantitative estimate of drug-likeness (QED) is 0.683. The first-order valence-electron chi connectivity index (χ1n) is 5.02. The molecule has 0 bridgehead atoms. The van der Waals surface area contributed by atoms with Gasteiger partial charge in [0.05, 0.1) is 11.9 Å². The van der Waals surface area contributed by atoms with Gasteiger partial charge in [-0.15, -0.1) is 0 Å². The highest BCUT2D eigenvalue weighted by Gasteiger charge is 2.12. The van der Waals surface area contributed by atoms with Crippen LogP contribution in [0.5, 0.6) is 0 Å². The van der Waals surface area contributed by atoms with Crippen LogP contribution >= 0.6 is 0 Å².